The normalized spacial score (nSPS) is 16.8. The Morgan fingerprint density at radius 1 is 1.11 bits per heavy atom. The smallest absolute Gasteiger partial charge is 0.254 e. The van der Waals surface area contributed by atoms with E-state index in [0.29, 0.717) is 11.3 Å². The molecular formula is C19H22F2N6. The van der Waals surface area contributed by atoms with E-state index in [-0.39, 0.29) is 6.04 Å². The molecule has 3 heterocycles. The number of hydrogen-bond donors (Lipinski definition) is 0. The molecule has 27 heavy (non-hydrogen) atoms. The van der Waals surface area contributed by atoms with Crippen molar-refractivity contribution in [2.45, 2.75) is 26.3 Å². The number of fused-ring (bicyclic) bond motifs is 1. The summed E-state index contributed by atoms with van der Waals surface area (Å²) >= 11 is 0. The van der Waals surface area contributed by atoms with Crippen molar-refractivity contribution in [2.75, 3.05) is 31.1 Å². The average Bonchev–Trinajstić information content (AvgIpc) is 3.15. The molecule has 0 spiro atoms. The molecule has 142 valence electrons. The summed E-state index contributed by atoms with van der Waals surface area (Å²) in [4.78, 5) is 13.2. The van der Waals surface area contributed by atoms with Crippen LogP contribution in [0.15, 0.2) is 30.6 Å². The topological polar surface area (TPSA) is 49.6 Å². The van der Waals surface area contributed by atoms with Gasteiger partial charge < -0.3 is 4.90 Å². The van der Waals surface area contributed by atoms with Crippen molar-refractivity contribution in [3.05, 3.63) is 53.5 Å². The van der Waals surface area contributed by atoms with Gasteiger partial charge in [0.1, 0.15) is 23.8 Å². The van der Waals surface area contributed by atoms with Gasteiger partial charge in [-0.25, -0.2) is 13.8 Å². The lowest BCUT2D eigenvalue weighted by Gasteiger charge is -2.39. The molecule has 0 aliphatic carbocycles. The molecule has 1 aliphatic heterocycles. The predicted molar refractivity (Wildman–Crippen MR) is 98.7 cm³/mol. The van der Waals surface area contributed by atoms with Crippen LogP contribution < -0.4 is 4.90 Å². The lowest BCUT2D eigenvalue weighted by atomic mass is 10.1. The standard InChI is InChI=1S/C19H22F2N6/c1-3-15-11-18(27-19(24-15)22-12-23-27)26-8-6-25(7-9-26)13(2)16-5-4-14(20)10-17(16)21/h4-5,10-13H,3,6-9H2,1-2H3. The van der Waals surface area contributed by atoms with Gasteiger partial charge in [-0.3, -0.25) is 4.90 Å². The van der Waals surface area contributed by atoms with E-state index in [2.05, 4.69) is 37.9 Å². The zero-order valence-electron chi connectivity index (χ0n) is 15.4. The number of aryl methyl sites for hydroxylation is 1. The van der Waals surface area contributed by atoms with E-state index >= 15 is 0 Å². The second-order valence-corrected chi connectivity index (χ2v) is 6.80. The molecule has 1 aromatic carbocycles. The molecule has 1 atom stereocenters. The van der Waals surface area contributed by atoms with E-state index in [4.69, 9.17) is 0 Å². The van der Waals surface area contributed by atoms with Crippen LogP contribution in [-0.2, 0) is 6.42 Å². The van der Waals surface area contributed by atoms with Crippen molar-refractivity contribution in [2.24, 2.45) is 0 Å². The fourth-order valence-electron chi connectivity index (χ4n) is 3.63. The van der Waals surface area contributed by atoms with E-state index in [1.165, 1.54) is 18.5 Å². The number of benzene rings is 1. The largest absolute Gasteiger partial charge is 0.354 e. The zero-order chi connectivity index (χ0) is 19.0. The lowest BCUT2D eigenvalue weighted by Crippen LogP contribution is -2.48. The van der Waals surface area contributed by atoms with Crippen molar-refractivity contribution < 1.29 is 8.78 Å². The molecule has 4 rings (SSSR count). The molecule has 0 amide bonds. The highest BCUT2D eigenvalue weighted by Gasteiger charge is 2.25. The first-order valence-corrected chi connectivity index (χ1v) is 9.20. The molecule has 1 unspecified atom stereocenters. The molecule has 0 N–H and O–H groups in total. The van der Waals surface area contributed by atoms with Gasteiger partial charge in [-0.15, -0.1) is 0 Å². The summed E-state index contributed by atoms with van der Waals surface area (Å²) in [5.41, 5.74) is 1.51. The number of nitrogens with zero attached hydrogens (tertiary/aromatic N) is 6. The van der Waals surface area contributed by atoms with Gasteiger partial charge in [0.25, 0.3) is 5.78 Å². The Morgan fingerprint density at radius 2 is 1.89 bits per heavy atom. The van der Waals surface area contributed by atoms with E-state index in [0.717, 1.165) is 50.2 Å². The van der Waals surface area contributed by atoms with Crippen LogP contribution in [-0.4, -0.2) is 50.7 Å². The molecular weight excluding hydrogens is 350 g/mol. The molecule has 6 nitrogen and oxygen atoms in total. The van der Waals surface area contributed by atoms with Crippen molar-refractivity contribution in [1.82, 2.24) is 24.5 Å². The Balaban J connectivity index is 1.51. The van der Waals surface area contributed by atoms with Gasteiger partial charge in [0.05, 0.1) is 0 Å². The van der Waals surface area contributed by atoms with Crippen LogP contribution in [0.3, 0.4) is 0 Å². The summed E-state index contributed by atoms with van der Waals surface area (Å²) in [7, 11) is 0. The number of hydrogen-bond acceptors (Lipinski definition) is 5. The highest BCUT2D eigenvalue weighted by Crippen LogP contribution is 2.26. The third-order valence-electron chi connectivity index (χ3n) is 5.25. The molecule has 2 aromatic heterocycles. The van der Waals surface area contributed by atoms with Crippen molar-refractivity contribution >= 4 is 11.6 Å². The quantitative estimate of drug-likeness (QED) is 0.705. The van der Waals surface area contributed by atoms with Crippen LogP contribution >= 0.6 is 0 Å². The summed E-state index contributed by atoms with van der Waals surface area (Å²) in [5.74, 6) is 0.550. The molecule has 1 aliphatic rings. The number of anilines is 1. The third-order valence-corrected chi connectivity index (χ3v) is 5.25. The van der Waals surface area contributed by atoms with Crippen LogP contribution in [0.4, 0.5) is 14.6 Å². The number of piperazine rings is 1. The third kappa shape index (κ3) is 3.37. The molecule has 0 radical (unpaired) electrons. The molecule has 1 fully saturated rings. The molecule has 0 bridgehead atoms. The highest BCUT2D eigenvalue weighted by molar-refractivity contribution is 5.47. The number of rotatable bonds is 4. The maximum atomic E-state index is 14.1. The van der Waals surface area contributed by atoms with Gasteiger partial charge in [0.15, 0.2) is 0 Å². The number of aromatic nitrogens is 4. The monoisotopic (exact) mass is 372 g/mol. The van der Waals surface area contributed by atoms with Crippen LogP contribution in [0.2, 0.25) is 0 Å². The minimum atomic E-state index is -0.547. The first-order valence-electron chi connectivity index (χ1n) is 9.20. The van der Waals surface area contributed by atoms with Crippen molar-refractivity contribution in [3.63, 3.8) is 0 Å². The van der Waals surface area contributed by atoms with Crippen molar-refractivity contribution in [3.8, 4) is 0 Å². The van der Waals surface area contributed by atoms with Gasteiger partial charge in [-0.1, -0.05) is 13.0 Å². The summed E-state index contributed by atoms with van der Waals surface area (Å²) in [5, 5.41) is 4.29. The first kappa shape index (κ1) is 17.8. The lowest BCUT2D eigenvalue weighted by molar-refractivity contribution is 0.194. The average molecular weight is 372 g/mol. The van der Waals surface area contributed by atoms with E-state index in [1.807, 2.05) is 6.92 Å². The van der Waals surface area contributed by atoms with Crippen LogP contribution in [0.1, 0.15) is 31.1 Å². The Hall–Kier alpha value is -2.61. The highest BCUT2D eigenvalue weighted by atomic mass is 19.1. The van der Waals surface area contributed by atoms with E-state index in [1.54, 1.807) is 4.52 Å². The molecule has 1 saturated heterocycles. The van der Waals surface area contributed by atoms with E-state index < -0.39 is 11.6 Å². The van der Waals surface area contributed by atoms with Crippen LogP contribution in [0, 0.1) is 11.6 Å². The first-order chi connectivity index (χ1) is 13.1. The minimum Gasteiger partial charge on any atom is -0.354 e. The Bertz CT molecular complexity index is 949. The summed E-state index contributed by atoms with van der Waals surface area (Å²) in [6.07, 6.45) is 2.35. The summed E-state index contributed by atoms with van der Waals surface area (Å²) in [6.45, 7) is 7.15. The second kappa shape index (κ2) is 7.19. The Morgan fingerprint density at radius 3 is 2.59 bits per heavy atom. The van der Waals surface area contributed by atoms with Gasteiger partial charge in [0.2, 0.25) is 0 Å². The maximum Gasteiger partial charge on any atom is 0.254 e. The number of halogens is 2. The van der Waals surface area contributed by atoms with Crippen molar-refractivity contribution in [1.29, 1.82) is 0 Å². The van der Waals surface area contributed by atoms with Gasteiger partial charge >= 0.3 is 0 Å². The van der Waals surface area contributed by atoms with Gasteiger partial charge in [-0.05, 0) is 19.4 Å². The fourth-order valence-corrected chi connectivity index (χ4v) is 3.63. The van der Waals surface area contributed by atoms with Gasteiger partial charge in [-0.2, -0.15) is 14.6 Å². The molecule has 8 heteroatoms. The minimum absolute atomic E-state index is 0.109. The summed E-state index contributed by atoms with van der Waals surface area (Å²) < 4.78 is 29.1. The zero-order valence-corrected chi connectivity index (χ0v) is 15.4. The fraction of sp³-hybridized carbons (Fsp3) is 0.421. The predicted octanol–water partition coefficient (Wildman–Crippen LogP) is 2.85. The van der Waals surface area contributed by atoms with Crippen LogP contribution in [0.5, 0.6) is 0 Å². The molecule has 3 aromatic rings. The Kier molecular flexibility index (Phi) is 4.73. The summed E-state index contributed by atoms with van der Waals surface area (Å²) in [6, 6.07) is 5.75. The SMILES string of the molecule is CCc1cc(N2CCN(C(C)c3ccc(F)cc3F)CC2)n2ncnc2n1. The second-order valence-electron chi connectivity index (χ2n) is 6.80. The van der Waals surface area contributed by atoms with Gasteiger partial charge in [0, 0.05) is 55.6 Å². The maximum absolute atomic E-state index is 14.1. The van der Waals surface area contributed by atoms with Crippen LogP contribution in [0.25, 0.3) is 5.78 Å². The Labute approximate surface area is 156 Å². The molecule has 0 saturated carbocycles. The van der Waals surface area contributed by atoms with E-state index in [9.17, 15) is 8.78 Å².